The van der Waals surface area contributed by atoms with Crippen molar-refractivity contribution in [1.82, 2.24) is 0 Å². The van der Waals surface area contributed by atoms with Crippen LogP contribution in [-0.2, 0) is 0 Å². The number of aliphatic hydroxyl groups is 1. The molecule has 2 aromatic rings. The van der Waals surface area contributed by atoms with E-state index in [4.69, 9.17) is 0 Å². The molecule has 5 heteroatoms. The van der Waals surface area contributed by atoms with Crippen LogP contribution in [0.3, 0.4) is 0 Å². The summed E-state index contributed by atoms with van der Waals surface area (Å²) in [5.74, 6) is -0.323. The van der Waals surface area contributed by atoms with Crippen LogP contribution in [0.2, 0.25) is 0 Å². The lowest BCUT2D eigenvalue weighted by atomic mass is 10.1. The van der Waals surface area contributed by atoms with Gasteiger partial charge in [0.1, 0.15) is 11.9 Å². The minimum atomic E-state index is -0.736. The molecule has 90 valence electrons. The van der Waals surface area contributed by atoms with Gasteiger partial charge in [-0.1, -0.05) is 22.0 Å². The van der Waals surface area contributed by atoms with Crippen LogP contribution in [0.1, 0.15) is 21.4 Å². The largest absolute Gasteiger partial charge is 0.383 e. The monoisotopic (exact) mass is 378 g/mol. The molecule has 17 heavy (non-hydrogen) atoms. The highest BCUT2D eigenvalue weighted by Crippen LogP contribution is 2.36. The van der Waals surface area contributed by atoms with Gasteiger partial charge in [-0.15, -0.1) is 11.3 Å². The van der Waals surface area contributed by atoms with Gasteiger partial charge in [0.15, 0.2) is 0 Å². The molecule has 2 rings (SSSR count). The topological polar surface area (TPSA) is 20.2 Å². The minimum absolute atomic E-state index is 0.323. The van der Waals surface area contributed by atoms with Crippen molar-refractivity contribution >= 4 is 43.2 Å². The molecule has 0 fully saturated rings. The zero-order chi connectivity index (χ0) is 12.6. The molecule has 0 amide bonds. The second kappa shape index (κ2) is 5.18. The van der Waals surface area contributed by atoms with Crippen LogP contribution in [0.4, 0.5) is 4.39 Å². The number of hydrogen-bond acceptors (Lipinski definition) is 2. The number of benzene rings is 1. The maximum atomic E-state index is 13.0. The molecule has 1 unspecified atom stereocenters. The van der Waals surface area contributed by atoms with Gasteiger partial charge in [-0.2, -0.15) is 0 Å². The van der Waals surface area contributed by atoms with Gasteiger partial charge in [0.05, 0.1) is 0 Å². The van der Waals surface area contributed by atoms with Gasteiger partial charge < -0.3 is 5.11 Å². The van der Waals surface area contributed by atoms with E-state index in [1.54, 1.807) is 6.07 Å². The van der Waals surface area contributed by atoms with Crippen molar-refractivity contribution in [3.05, 3.63) is 54.3 Å². The molecule has 0 aliphatic rings. The van der Waals surface area contributed by atoms with E-state index in [1.807, 2.05) is 13.0 Å². The lowest BCUT2D eigenvalue weighted by molar-refractivity contribution is 0.223. The summed E-state index contributed by atoms with van der Waals surface area (Å²) in [4.78, 5) is 1.94. The van der Waals surface area contributed by atoms with Crippen molar-refractivity contribution in [2.45, 2.75) is 13.0 Å². The van der Waals surface area contributed by atoms with Gasteiger partial charge in [0, 0.05) is 24.3 Å². The third kappa shape index (κ3) is 2.78. The normalized spacial score (nSPS) is 12.8. The second-order valence-corrected chi connectivity index (χ2v) is 6.62. The SMILES string of the molecule is Cc1sc(C(O)c2ccc(F)cc2Br)cc1Br. The van der Waals surface area contributed by atoms with Crippen LogP contribution in [0, 0.1) is 12.7 Å². The Morgan fingerprint density at radius 2 is 1.94 bits per heavy atom. The molecule has 1 aromatic heterocycles. The number of halogens is 3. The third-order valence-corrected chi connectivity index (χ3v) is 5.28. The number of rotatable bonds is 2. The summed E-state index contributed by atoms with van der Waals surface area (Å²) in [5, 5.41) is 10.2. The van der Waals surface area contributed by atoms with E-state index in [2.05, 4.69) is 31.9 Å². The van der Waals surface area contributed by atoms with E-state index in [9.17, 15) is 9.50 Å². The van der Waals surface area contributed by atoms with Crippen molar-refractivity contribution in [2.75, 3.05) is 0 Å². The number of aliphatic hydroxyl groups excluding tert-OH is 1. The zero-order valence-electron chi connectivity index (χ0n) is 8.88. The standard InChI is InChI=1S/C12H9Br2FOS/c1-6-9(13)5-11(17-6)12(16)8-3-2-7(15)4-10(8)14/h2-5,12,16H,1H3. The molecule has 0 saturated heterocycles. The van der Waals surface area contributed by atoms with Crippen molar-refractivity contribution in [3.63, 3.8) is 0 Å². The highest BCUT2D eigenvalue weighted by molar-refractivity contribution is 9.10. The lowest BCUT2D eigenvalue weighted by Gasteiger charge is -2.10. The molecule has 0 spiro atoms. The molecule has 1 N–H and O–H groups in total. The molecule has 1 atom stereocenters. The summed E-state index contributed by atoms with van der Waals surface area (Å²) in [6.07, 6.45) is -0.736. The average molecular weight is 380 g/mol. The summed E-state index contributed by atoms with van der Waals surface area (Å²) >= 11 is 8.20. The summed E-state index contributed by atoms with van der Waals surface area (Å²) in [7, 11) is 0. The maximum Gasteiger partial charge on any atom is 0.124 e. The smallest absolute Gasteiger partial charge is 0.124 e. The Bertz CT molecular complexity index is 534. The van der Waals surface area contributed by atoms with Crippen molar-refractivity contribution in [1.29, 1.82) is 0 Å². The van der Waals surface area contributed by atoms with Gasteiger partial charge in [-0.25, -0.2) is 4.39 Å². The molecule has 0 aliphatic heterocycles. The van der Waals surface area contributed by atoms with Gasteiger partial charge in [-0.05, 0) is 41.1 Å². The Morgan fingerprint density at radius 1 is 1.24 bits per heavy atom. The summed E-state index contributed by atoms with van der Waals surface area (Å²) in [5.41, 5.74) is 0.667. The highest BCUT2D eigenvalue weighted by atomic mass is 79.9. The van der Waals surface area contributed by atoms with Crippen LogP contribution in [0.15, 0.2) is 33.2 Å². The minimum Gasteiger partial charge on any atom is -0.383 e. The van der Waals surface area contributed by atoms with E-state index < -0.39 is 6.10 Å². The molecule has 1 heterocycles. The van der Waals surface area contributed by atoms with Crippen LogP contribution in [-0.4, -0.2) is 5.11 Å². The summed E-state index contributed by atoms with van der Waals surface area (Å²) < 4.78 is 14.5. The fourth-order valence-corrected chi connectivity index (χ4v) is 3.63. The third-order valence-electron chi connectivity index (χ3n) is 2.40. The molecular weight excluding hydrogens is 371 g/mol. The predicted molar refractivity (Wildman–Crippen MR) is 74.9 cm³/mol. The maximum absolute atomic E-state index is 13.0. The molecule has 0 saturated carbocycles. The van der Waals surface area contributed by atoms with Gasteiger partial charge in [0.2, 0.25) is 0 Å². The second-order valence-electron chi connectivity index (χ2n) is 3.62. The molecule has 0 bridgehead atoms. The zero-order valence-corrected chi connectivity index (χ0v) is 12.9. The average Bonchev–Trinajstić information content (AvgIpc) is 2.58. The van der Waals surface area contributed by atoms with Crippen LogP contribution < -0.4 is 0 Å². The first-order valence-corrected chi connectivity index (χ1v) is 7.28. The van der Waals surface area contributed by atoms with Crippen molar-refractivity contribution in [2.24, 2.45) is 0 Å². The Hall–Kier alpha value is -0.230. The Kier molecular flexibility index (Phi) is 4.02. The first-order chi connectivity index (χ1) is 7.99. The highest BCUT2D eigenvalue weighted by Gasteiger charge is 2.17. The predicted octanol–water partition coefficient (Wildman–Crippen LogP) is 4.80. The molecule has 0 aliphatic carbocycles. The van der Waals surface area contributed by atoms with E-state index >= 15 is 0 Å². The quantitative estimate of drug-likeness (QED) is 0.794. The lowest BCUT2D eigenvalue weighted by Crippen LogP contribution is -1.98. The van der Waals surface area contributed by atoms with Crippen molar-refractivity contribution < 1.29 is 9.50 Å². The van der Waals surface area contributed by atoms with Crippen LogP contribution in [0.25, 0.3) is 0 Å². The Morgan fingerprint density at radius 3 is 2.47 bits per heavy atom. The van der Waals surface area contributed by atoms with E-state index in [-0.39, 0.29) is 5.82 Å². The number of hydrogen-bond donors (Lipinski definition) is 1. The molecule has 1 nitrogen and oxygen atoms in total. The van der Waals surface area contributed by atoms with E-state index in [0.717, 1.165) is 14.2 Å². The Balaban J connectivity index is 2.39. The first-order valence-electron chi connectivity index (χ1n) is 4.88. The molecular formula is C12H9Br2FOS. The fourth-order valence-electron chi connectivity index (χ4n) is 1.49. The van der Waals surface area contributed by atoms with Crippen LogP contribution >= 0.6 is 43.2 Å². The fraction of sp³-hybridized carbons (Fsp3) is 0.167. The number of aryl methyl sites for hydroxylation is 1. The molecule has 1 aromatic carbocycles. The first kappa shape index (κ1) is 13.2. The van der Waals surface area contributed by atoms with E-state index in [1.165, 1.54) is 23.5 Å². The molecule has 0 radical (unpaired) electrons. The van der Waals surface area contributed by atoms with E-state index in [0.29, 0.717) is 10.0 Å². The van der Waals surface area contributed by atoms with Crippen molar-refractivity contribution in [3.8, 4) is 0 Å². The van der Waals surface area contributed by atoms with Gasteiger partial charge >= 0.3 is 0 Å². The Labute approximate surface area is 120 Å². The number of thiophene rings is 1. The summed E-state index contributed by atoms with van der Waals surface area (Å²) in [6, 6.07) is 6.18. The van der Waals surface area contributed by atoms with Gasteiger partial charge in [-0.3, -0.25) is 0 Å². The summed E-state index contributed by atoms with van der Waals surface area (Å²) in [6.45, 7) is 1.98. The van der Waals surface area contributed by atoms with Crippen LogP contribution in [0.5, 0.6) is 0 Å². The van der Waals surface area contributed by atoms with Gasteiger partial charge in [0.25, 0.3) is 0 Å².